The number of fused-ring (bicyclic) bond motifs is 1. The van der Waals surface area contributed by atoms with Gasteiger partial charge in [-0.15, -0.1) is 0 Å². The zero-order valence-electron chi connectivity index (χ0n) is 34.4. The molecule has 9 rings (SSSR count). The fourth-order valence-corrected chi connectivity index (χ4v) is 13.8. The average Bonchev–Trinajstić information content (AvgIpc) is 3.91. The van der Waals surface area contributed by atoms with Gasteiger partial charge < -0.3 is 0 Å². The summed E-state index contributed by atoms with van der Waals surface area (Å²) in [5, 5.41) is 9.89. The van der Waals surface area contributed by atoms with Gasteiger partial charge in [0.25, 0.3) is 0 Å². The minimum atomic E-state index is -3.38. The Morgan fingerprint density at radius 2 is 1.21 bits per heavy atom. The fraction of sp³-hybridized carbons (Fsp3) is 0.115. The van der Waals surface area contributed by atoms with Gasteiger partial charge in [-0.05, 0) is 0 Å². The van der Waals surface area contributed by atoms with Gasteiger partial charge in [-0.3, -0.25) is 0 Å². The number of para-hydroxylation sites is 1. The normalized spacial score (nSPS) is 15.6. The Labute approximate surface area is 382 Å². The van der Waals surface area contributed by atoms with Crippen LogP contribution in [0.4, 0.5) is 5.69 Å². The van der Waals surface area contributed by atoms with Crippen molar-refractivity contribution >= 4 is 86.9 Å². The predicted molar refractivity (Wildman–Crippen MR) is 264 cm³/mol. The summed E-state index contributed by atoms with van der Waals surface area (Å²) in [6.45, 7) is 8.41. The molecule has 2 aliphatic rings. The number of aryl methyl sites for hydroxylation is 3. The van der Waals surface area contributed by atoms with Crippen LogP contribution in [-0.2, 0) is 13.0 Å². The van der Waals surface area contributed by atoms with E-state index in [0.29, 0.717) is 0 Å². The van der Waals surface area contributed by atoms with Gasteiger partial charge in [0.05, 0.1) is 0 Å². The maximum atomic E-state index is 7.90. The first-order chi connectivity index (χ1) is 29.7. The first-order valence-electron chi connectivity index (χ1n) is 20.2. The molecule has 0 atom stereocenters. The summed E-state index contributed by atoms with van der Waals surface area (Å²) in [7, 11) is 11.5. The molecule has 0 unspecified atom stereocenters. The molecule has 0 bridgehead atoms. The van der Waals surface area contributed by atoms with Crippen LogP contribution in [0, 0.1) is 20.8 Å². The summed E-state index contributed by atoms with van der Waals surface area (Å²) in [5.41, 5.74) is 11.2. The van der Waals surface area contributed by atoms with Crippen LogP contribution >= 0.6 is 48.3 Å². The quantitative estimate of drug-likeness (QED) is 0.0932. The van der Waals surface area contributed by atoms with Crippen LogP contribution in [0.3, 0.4) is 0 Å². The zero-order valence-corrected chi connectivity index (χ0v) is 40.2. The molecule has 0 amide bonds. The number of nitrogens with one attached hydrogen (secondary N) is 1. The predicted octanol–water partition coefficient (Wildman–Crippen LogP) is 11.2. The molecule has 9 heteroatoms. The van der Waals surface area contributed by atoms with Crippen LogP contribution in [0.15, 0.2) is 181 Å². The second-order valence-corrected chi connectivity index (χ2v) is 27.1. The zero-order chi connectivity index (χ0) is 42.5. The summed E-state index contributed by atoms with van der Waals surface area (Å²) < 4.78 is 7.90. The van der Waals surface area contributed by atoms with Crippen molar-refractivity contribution in [3.63, 3.8) is 0 Å². The molecule has 0 spiro atoms. The summed E-state index contributed by atoms with van der Waals surface area (Å²) >= 11 is -0.0267. The van der Waals surface area contributed by atoms with Crippen molar-refractivity contribution in [2.24, 2.45) is 0 Å². The number of hydrogen-bond donors (Lipinski definition) is 1. The van der Waals surface area contributed by atoms with Crippen molar-refractivity contribution in [1.82, 2.24) is 5.32 Å². The van der Waals surface area contributed by atoms with Crippen molar-refractivity contribution in [3.05, 3.63) is 220 Å². The van der Waals surface area contributed by atoms with E-state index in [-0.39, 0.29) is 0 Å². The third-order valence-corrected chi connectivity index (χ3v) is 16.1. The average molecular weight is 986 g/mol. The Balaban J connectivity index is 0.00000123. The van der Waals surface area contributed by atoms with Gasteiger partial charge >= 0.3 is 385 Å². The Hall–Kier alpha value is -4.31. The Morgan fingerprint density at radius 1 is 0.656 bits per heavy atom. The van der Waals surface area contributed by atoms with E-state index in [2.05, 4.69) is 213 Å². The number of allylic oxidation sites excluding steroid dienone is 1. The molecular formula is C52H47Cl3N2OPRuS. The van der Waals surface area contributed by atoms with E-state index >= 15 is 0 Å². The third kappa shape index (κ3) is 8.85. The minimum absolute atomic E-state index is 0.848. The summed E-state index contributed by atoms with van der Waals surface area (Å²) in [6, 6.07) is 61.8. The van der Waals surface area contributed by atoms with E-state index in [0.717, 1.165) is 29.6 Å². The Bertz CT molecular complexity index is 2780. The second-order valence-electron chi connectivity index (χ2n) is 15.1. The van der Waals surface area contributed by atoms with Crippen molar-refractivity contribution in [3.8, 4) is 5.75 Å². The molecule has 1 aliphatic carbocycles. The van der Waals surface area contributed by atoms with Crippen LogP contribution in [0.25, 0.3) is 17.0 Å². The number of anilines is 1. The van der Waals surface area contributed by atoms with Crippen LogP contribution in [-0.4, -0.2) is 19.3 Å². The van der Waals surface area contributed by atoms with E-state index in [1.165, 1.54) is 76.6 Å². The summed E-state index contributed by atoms with van der Waals surface area (Å²) in [4.78, 5) is 3.64. The van der Waals surface area contributed by atoms with Gasteiger partial charge in [0.2, 0.25) is 0 Å². The van der Waals surface area contributed by atoms with Crippen molar-refractivity contribution in [1.29, 1.82) is 0 Å². The molecule has 61 heavy (non-hydrogen) atoms. The van der Waals surface area contributed by atoms with Crippen molar-refractivity contribution in [2.45, 2.75) is 25.7 Å². The standard InChI is InChI=1S/C52H47N2OPS.3ClH.Ru/c1-36-33-37(2)51(38(3)34-36)54-32-31-53-52(54)44-27-18-29-48(50(44)46-35-45(39-19-8-5-9-20-39)42-25-14-15-26-43(42)46)56(40-21-10-6-11-22-40,41-23-12-7-13-24-41)55-47-28-16-17-30-49(47)57-4;;;;/h5-30,33-35,53,56H,31-32H2,1-4H3;3*1H;/q;;;;+3/p-3. The molecule has 311 valence electrons. The molecule has 3 nitrogen and oxygen atoms in total. The molecule has 1 aliphatic heterocycles. The van der Waals surface area contributed by atoms with Crippen LogP contribution in [0.2, 0.25) is 0 Å². The summed E-state index contributed by atoms with van der Waals surface area (Å²) in [6.07, 6.45) is 4.57. The van der Waals surface area contributed by atoms with E-state index in [9.17, 15) is 0 Å². The molecule has 1 N–H and O–H groups in total. The Morgan fingerprint density at radius 3 is 1.84 bits per heavy atom. The molecule has 0 aromatic heterocycles. The molecular weight excluding hydrogens is 939 g/mol. The first kappa shape index (κ1) is 43.3. The SMILES string of the molecule is CSc1ccccc1O[PH](c1ccccc1)(c1ccccc1)c1cccc(=C2NCCN2c2c(C)cc(C)cc2C)c1=C1C=C(c2ccccc2)c2ccccc21.[Cl][Ru]([Cl])[Cl]. The van der Waals surface area contributed by atoms with Crippen molar-refractivity contribution < 1.29 is 17.5 Å². The number of halogens is 3. The molecule has 7 aromatic carbocycles. The van der Waals surface area contributed by atoms with Crippen molar-refractivity contribution in [2.75, 3.05) is 24.2 Å². The van der Waals surface area contributed by atoms with Gasteiger partial charge in [0.1, 0.15) is 0 Å². The molecule has 0 radical (unpaired) electrons. The maximum absolute atomic E-state index is 7.90. The van der Waals surface area contributed by atoms with Gasteiger partial charge in [-0.2, -0.15) is 0 Å². The molecule has 1 saturated heterocycles. The Kier molecular flexibility index (Phi) is 13.8. The van der Waals surface area contributed by atoms with E-state index in [4.69, 9.17) is 33.6 Å². The van der Waals surface area contributed by atoms with Gasteiger partial charge in [0, 0.05) is 0 Å². The number of thioether (sulfide) groups is 1. The molecule has 0 saturated carbocycles. The molecule has 1 fully saturated rings. The number of rotatable bonds is 8. The second kappa shape index (κ2) is 19.4. The van der Waals surface area contributed by atoms with Crippen LogP contribution in [0.5, 0.6) is 5.75 Å². The van der Waals surface area contributed by atoms with Gasteiger partial charge in [-0.25, -0.2) is 0 Å². The number of benzene rings is 7. The number of hydrogen-bond acceptors (Lipinski definition) is 4. The fourth-order valence-electron chi connectivity index (χ4n) is 9.07. The van der Waals surface area contributed by atoms with Crippen LogP contribution in [0.1, 0.15) is 33.4 Å². The van der Waals surface area contributed by atoms with Crippen LogP contribution < -0.4 is 41.1 Å². The molecule has 7 aromatic rings. The third-order valence-electron chi connectivity index (χ3n) is 11.3. The first-order valence-corrected chi connectivity index (χ1v) is 30.0. The molecule has 1 heterocycles. The number of nitrogens with zero attached hydrogens (tertiary/aromatic N) is 1. The monoisotopic (exact) mass is 985 g/mol. The van der Waals surface area contributed by atoms with E-state index in [1.54, 1.807) is 11.8 Å². The van der Waals surface area contributed by atoms with Gasteiger partial charge in [0.15, 0.2) is 0 Å². The van der Waals surface area contributed by atoms with E-state index < -0.39 is 20.5 Å². The summed E-state index contributed by atoms with van der Waals surface area (Å²) in [5.74, 6) is 2.03. The topological polar surface area (TPSA) is 24.5 Å². The van der Waals surface area contributed by atoms with Gasteiger partial charge in [-0.1, -0.05) is 0 Å². The van der Waals surface area contributed by atoms with E-state index in [1.807, 2.05) is 0 Å².